The number of Topliss-reactive ketones (excluding diaryl/α,β-unsaturated/α-hetero) is 1. The van der Waals surface area contributed by atoms with Gasteiger partial charge in [0.15, 0.2) is 11.5 Å². The van der Waals surface area contributed by atoms with Gasteiger partial charge < -0.3 is 15.2 Å². The summed E-state index contributed by atoms with van der Waals surface area (Å²) >= 11 is 0. The van der Waals surface area contributed by atoms with E-state index in [9.17, 15) is 4.79 Å². The van der Waals surface area contributed by atoms with Crippen LogP contribution in [0.25, 0.3) is 0 Å². The quantitative estimate of drug-likeness (QED) is 0.838. The van der Waals surface area contributed by atoms with Gasteiger partial charge in [-0.2, -0.15) is 0 Å². The van der Waals surface area contributed by atoms with Crippen LogP contribution in [0.5, 0.6) is 11.5 Å². The molecule has 0 atom stereocenters. The highest BCUT2D eigenvalue weighted by Crippen LogP contribution is 2.32. The highest BCUT2D eigenvalue weighted by Gasteiger charge is 2.18. The number of pyridine rings is 1. The summed E-state index contributed by atoms with van der Waals surface area (Å²) in [5.41, 5.74) is 10.1. The predicted octanol–water partition coefficient (Wildman–Crippen LogP) is 2.90. The molecule has 25 heavy (non-hydrogen) atoms. The van der Waals surface area contributed by atoms with Crippen LogP contribution in [0.15, 0.2) is 35.5 Å². The largest absolute Gasteiger partial charge is 0.493 e. The monoisotopic (exact) mass is 339 g/mol. The van der Waals surface area contributed by atoms with Gasteiger partial charge in [0.1, 0.15) is 11.5 Å². The molecule has 0 amide bonds. The molecule has 130 valence electrons. The van der Waals surface area contributed by atoms with Crippen molar-refractivity contribution in [1.29, 1.82) is 0 Å². The molecule has 6 nitrogen and oxygen atoms in total. The van der Waals surface area contributed by atoms with Crippen LogP contribution >= 0.6 is 0 Å². The van der Waals surface area contributed by atoms with E-state index < -0.39 is 0 Å². The Kier molecular flexibility index (Phi) is 4.97. The molecule has 3 rings (SSSR count). The number of benzene rings is 1. The van der Waals surface area contributed by atoms with Gasteiger partial charge in [0.25, 0.3) is 0 Å². The lowest BCUT2D eigenvalue weighted by atomic mass is 10.0. The van der Waals surface area contributed by atoms with E-state index in [1.807, 2.05) is 18.2 Å². The van der Waals surface area contributed by atoms with E-state index >= 15 is 0 Å². The molecule has 0 saturated carbocycles. The highest BCUT2D eigenvalue weighted by molar-refractivity contribution is 5.97. The minimum atomic E-state index is 0.159. The Hall–Kier alpha value is -2.89. The molecule has 1 aliphatic rings. The van der Waals surface area contributed by atoms with Crippen molar-refractivity contribution in [2.24, 2.45) is 4.99 Å². The Morgan fingerprint density at radius 1 is 1.20 bits per heavy atom. The summed E-state index contributed by atoms with van der Waals surface area (Å²) in [6.45, 7) is 0. The maximum absolute atomic E-state index is 12.3. The zero-order valence-electron chi connectivity index (χ0n) is 14.4. The number of aliphatic imine (C=N–C) groups is 1. The minimum Gasteiger partial charge on any atom is -0.493 e. The SMILES string of the molecule is COc1ccc(CC(=O)CCC2=Nc3c(N)ccnc3C2)cc1OC. The van der Waals surface area contributed by atoms with Gasteiger partial charge in [-0.1, -0.05) is 6.07 Å². The maximum atomic E-state index is 12.3. The van der Waals surface area contributed by atoms with Gasteiger partial charge in [-0.25, -0.2) is 0 Å². The first kappa shape index (κ1) is 17.0. The van der Waals surface area contributed by atoms with Crippen molar-refractivity contribution in [3.05, 3.63) is 41.7 Å². The van der Waals surface area contributed by atoms with E-state index in [4.69, 9.17) is 15.2 Å². The smallest absolute Gasteiger partial charge is 0.161 e. The summed E-state index contributed by atoms with van der Waals surface area (Å²) in [4.78, 5) is 21.1. The van der Waals surface area contributed by atoms with Gasteiger partial charge in [0.05, 0.1) is 25.6 Å². The Morgan fingerprint density at radius 2 is 2.00 bits per heavy atom. The lowest BCUT2D eigenvalue weighted by molar-refractivity contribution is -0.118. The van der Waals surface area contributed by atoms with E-state index in [-0.39, 0.29) is 5.78 Å². The van der Waals surface area contributed by atoms with E-state index in [2.05, 4.69) is 9.98 Å². The topological polar surface area (TPSA) is 86.8 Å². The normalized spacial score (nSPS) is 12.5. The second-order valence-corrected chi connectivity index (χ2v) is 5.96. The number of fused-ring (bicyclic) bond motifs is 1. The molecule has 0 aliphatic carbocycles. The van der Waals surface area contributed by atoms with Crippen molar-refractivity contribution in [2.45, 2.75) is 25.7 Å². The van der Waals surface area contributed by atoms with Crippen molar-refractivity contribution in [1.82, 2.24) is 4.98 Å². The number of ether oxygens (including phenoxy) is 2. The Bertz CT molecular complexity index is 831. The molecule has 1 aromatic heterocycles. The zero-order chi connectivity index (χ0) is 17.8. The molecular formula is C19H21N3O3. The van der Waals surface area contributed by atoms with E-state index in [1.54, 1.807) is 26.5 Å². The van der Waals surface area contributed by atoms with Crippen LogP contribution in [0, 0.1) is 0 Å². The number of hydrogen-bond donors (Lipinski definition) is 1. The number of methoxy groups -OCH3 is 2. The molecular weight excluding hydrogens is 318 g/mol. The summed E-state index contributed by atoms with van der Waals surface area (Å²) in [6.07, 6.45) is 3.79. The number of carbonyl (C=O) groups is 1. The zero-order valence-corrected chi connectivity index (χ0v) is 14.4. The third kappa shape index (κ3) is 3.79. The van der Waals surface area contributed by atoms with Gasteiger partial charge in [-0.15, -0.1) is 0 Å². The first-order valence-corrected chi connectivity index (χ1v) is 8.13. The predicted molar refractivity (Wildman–Crippen MR) is 96.9 cm³/mol. The van der Waals surface area contributed by atoms with Crippen molar-refractivity contribution in [3.8, 4) is 11.5 Å². The Morgan fingerprint density at radius 3 is 2.72 bits per heavy atom. The highest BCUT2D eigenvalue weighted by atomic mass is 16.5. The Balaban J connectivity index is 1.58. The molecule has 2 aromatic rings. The van der Waals surface area contributed by atoms with Crippen LogP contribution in [0.1, 0.15) is 24.1 Å². The summed E-state index contributed by atoms with van der Waals surface area (Å²) < 4.78 is 10.5. The molecule has 2 heterocycles. The number of rotatable bonds is 7. The Labute approximate surface area is 146 Å². The molecule has 0 unspecified atom stereocenters. The number of anilines is 1. The first-order chi connectivity index (χ1) is 12.1. The summed E-state index contributed by atoms with van der Waals surface area (Å²) in [5, 5.41) is 0. The number of carbonyl (C=O) groups excluding carboxylic acids is 1. The molecule has 1 aromatic carbocycles. The second kappa shape index (κ2) is 7.34. The van der Waals surface area contributed by atoms with E-state index in [0.29, 0.717) is 42.9 Å². The molecule has 0 spiro atoms. The number of nitrogen functional groups attached to an aromatic ring is 1. The van der Waals surface area contributed by atoms with Crippen molar-refractivity contribution < 1.29 is 14.3 Å². The summed E-state index contributed by atoms with van der Waals surface area (Å²) in [6, 6.07) is 7.28. The summed E-state index contributed by atoms with van der Waals surface area (Å²) in [5.74, 6) is 1.44. The fraction of sp³-hybridized carbons (Fsp3) is 0.316. The fourth-order valence-electron chi connectivity index (χ4n) is 2.90. The van der Waals surface area contributed by atoms with Crippen molar-refractivity contribution >= 4 is 22.9 Å². The van der Waals surface area contributed by atoms with Crippen molar-refractivity contribution in [2.75, 3.05) is 20.0 Å². The third-order valence-electron chi connectivity index (χ3n) is 4.21. The average Bonchev–Trinajstić information content (AvgIpc) is 3.04. The number of hydrogen-bond acceptors (Lipinski definition) is 6. The molecule has 0 bridgehead atoms. The van der Waals surface area contributed by atoms with Gasteiger partial charge in [-0.05, 0) is 30.2 Å². The van der Waals surface area contributed by atoms with E-state index in [0.717, 1.165) is 22.7 Å². The van der Waals surface area contributed by atoms with E-state index in [1.165, 1.54) is 0 Å². The summed E-state index contributed by atoms with van der Waals surface area (Å²) in [7, 11) is 3.17. The van der Waals surface area contributed by atoms with Gasteiger partial charge in [0.2, 0.25) is 0 Å². The molecule has 0 fully saturated rings. The minimum absolute atomic E-state index is 0.159. The van der Waals surface area contributed by atoms with Crippen LogP contribution in [0.3, 0.4) is 0 Å². The third-order valence-corrected chi connectivity index (χ3v) is 4.21. The van der Waals surface area contributed by atoms with Crippen LogP contribution in [-0.4, -0.2) is 30.7 Å². The van der Waals surface area contributed by atoms with Gasteiger partial charge in [-0.3, -0.25) is 14.8 Å². The van der Waals surface area contributed by atoms with Crippen LogP contribution in [0.4, 0.5) is 11.4 Å². The molecule has 0 radical (unpaired) electrons. The maximum Gasteiger partial charge on any atom is 0.161 e. The standard InChI is InChI=1S/C19H21N3O3/c1-24-17-6-3-12(10-18(17)25-2)9-14(23)5-4-13-11-16-19(22-13)15(20)7-8-21-16/h3,6-8,10H,4-5,9,11H2,1-2H3,(H2,20,21). The van der Waals surface area contributed by atoms with Crippen molar-refractivity contribution in [3.63, 3.8) is 0 Å². The first-order valence-electron chi connectivity index (χ1n) is 8.13. The van der Waals surface area contributed by atoms with Crippen LogP contribution in [-0.2, 0) is 17.6 Å². The number of aromatic nitrogens is 1. The fourth-order valence-corrected chi connectivity index (χ4v) is 2.90. The van der Waals surface area contributed by atoms with Crippen LogP contribution in [0.2, 0.25) is 0 Å². The lowest BCUT2D eigenvalue weighted by Gasteiger charge is -2.09. The molecule has 1 aliphatic heterocycles. The number of nitrogens with two attached hydrogens (primary N) is 1. The lowest BCUT2D eigenvalue weighted by Crippen LogP contribution is -2.07. The molecule has 2 N–H and O–H groups in total. The number of ketones is 1. The number of nitrogens with zero attached hydrogens (tertiary/aromatic N) is 2. The van der Waals surface area contributed by atoms with Gasteiger partial charge in [0, 0.05) is 31.2 Å². The molecule has 6 heteroatoms. The second-order valence-electron chi connectivity index (χ2n) is 5.96. The van der Waals surface area contributed by atoms with Gasteiger partial charge >= 0.3 is 0 Å². The molecule has 0 saturated heterocycles. The van der Waals surface area contributed by atoms with Crippen LogP contribution < -0.4 is 15.2 Å². The average molecular weight is 339 g/mol.